The first-order valence-corrected chi connectivity index (χ1v) is 7.16. The molecule has 1 fully saturated rings. The molecule has 1 unspecified atom stereocenters. The van der Waals surface area contributed by atoms with E-state index in [9.17, 15) is 4.79 Å². The van der Waals surface area contributed by atoms with Crippen LogP contribution in [-0.4, -0.2) is 50.6 Å². The summed E-state index contributed by atoms with van der Waals surface area (Å²) in [5.41, 5.74) is 2.97. The molecule has 6 nitrogen and oxygen atoms in total. The van der Waals surface area contributed by atoms with E-state index in [2.05, 4.69) is 39.5 Å². The summed E-state index contributed by atoms with van der Waals surface area (Å²) in [5, 5.41) is 16.4. The summed E-state index contributed by atoms with van der Waals surface area (Å²) in [4.78, 5) is 13.2. The summed E-state index contributed by atoms with van der Waals surface area (Å²) in [6, 6.07) is 8.87. The molecule has 108 valence electrons. The fraction of sp³-hybridized carbons (Fsp3) is 0.400. The van der Waals surface area contributed by atoms with Crippen LogP contribution in [0.2, 0.25) is 0 Å². The molecule has 1 aliphatic heterocycles. The topological polar surface area (TPSA) is 71.2 Å². The molecule has 2 heterocycles. The number of likely N-dealkylation sites (tertiary alicyclic amines) is 1. The molecule has 6 heteroatoms. The number of carboxylic acids is 1. The van der Waals surface area contributed by atoms with Crippen LogP contribution in [0.3, 0.4) is 0 Å². The van der Waals surface area contributed by atoms with Gasteiger partial charge in [0.15, 0.2) is 5.69 Å². The van der Waals surface area contributed by atoms with Crippen LogP contribution in [0.5, 0.6) is 0 Å². The molecule has 0 bridgehead atoms. The molecule has 0 spiro atoms. The summed E-state index contributed by atoms with van der Waals surface area (Å²) in [6.07, 6.45) is 2.69. The molecule has 0 radical (unpaired) electrons. The molecule has 2 aliphatic rings. The second-order valence-corrected chi connectivity index (χ2v) is 5.86. The maximum absolute atomic E-state index is 10.8. The van der Waals surface area contributed by atoms with Crippen molar-refractivity contribution in [2.45, 2.75) is 18.4 Å². The van der Waals surface area contributed by atoms with Crippen LogP contribution in [-0.2, 0) is 6.42 Å². The molecule has 4 rings (SSSR count). The number of benzene rings is 1. The molecule has 0 amide bonds. The van der Waals surface area contributed by atoms with Gasteiger partial charge in [0, 0.05) is 25.6 Å². The van der Waals surface area contributed by atoms with E-state index in [-0.39, 0.29) is 11.7 Å². The van der Waals surface area contributed by atoms with E-state index in [4.69, 9.17) is 5.11 Å². The van der Waals surface area contributed by atoms with Gasteiger partial charge in [-0.2, -0.15) is 0 Å². The van der Waals surface area contributed by atoms with Crippen LogP contribution >= 0.6 is 0 Å². The Morgan fingerprint density at radius 3 is 2.86 bits per heavy atom. The van der Waals surface area contributed by atoms with E-state index in [1.807, 2.05) is 0 Å². The highest BCUT2D eigenvalue weighted by molar-refractivity contribution is 5.84. The summed E-state index contributed by atoms with van der Waals surface area (Å²) in [7, 11) is 0. The van der Waals surface area contributed by atoms with E-state index in [1.54, 1.807) is 4.68 Å². The third-order valence-corrected chi connectivity index (χ3v) is 4.48. The zero-order valence-electron chi connectivity index (χ0n) is 11.5. The second kappa shape index (κ2) is 4.66. The van der Waals surface area contributed by atoms with Crippen molar-refractivity contribution < 1.29 is 9.90 Å². The third kappa shape index (κ3) is 2.12. The van der Waals surface area contributed by atoms with Crippen molar-refractivity contribution in [3.63, 3.8) is 0 Å². The minimum Gasteiger partial charge on any atom is -0.476 e. The summed E-state index contributed by atoms with van der Waals surface area (Å²) in [6.45, 7) is 2.91. The van der Waals surface area contributed by atoms with Crippen molar-refractivity contribution >= 4 is 5.97 Å². The lowest BCUT2D eigenvalue weighted by Gasteiger charge is -2.43. The number of hydrogen-bond acceptors (Lipinski definition) is 4. The monoisotopic (exact) mass is 284 g/mol. The predicted molar refractivity (Wildman–Crippen MR) is 75.3 cm³/mol. The van der Waals surface area contributed by atoms with Crippen molar-refractivity contribution in [1.29, 1.82) is 0 Å². The van der Waals surface area contributed by atoms with Crippen LogP contribution in [0.4, 0.5) is 0 Å². The average Bonchev–Trinajstić information content (AvgIpc) is 2.87. The quantitative estimate of drug-likeness (QED) is 0.912. The number of carbonyl (C=O) groups is 1. The first kappa shape index (κ1) is 12.5. The number of hydrogen-bond donors (Lipinski definition) is 1. The average molecular weight is 284 g/mol. The third-order valence-electron chi connectivity index (χ3n) is 4.48. The molecule has 21 heavy (non-hydrogen) atoms. The standard InChI is InChI=1S/C15H16N4O2/c20-15(21)14-9-19(17-16-14)12-7-18(8-12)6-11-5-10-3-1-2-4-13(10)11/h1-4,9,11-12H,5-8H2,(H,20,21). The lowest BCUT2D eigenvalue weighted by atomic mass is 9.77. The van der Waals surface area contributed by atoms with Crippen molar-refractivity contribution in [2.75, 3.05) is 19.6 Å². The lowest BCUT2D eigenvalue weighted by Crippen LogP contribution is -2.50. The number of carboxylic acid groups (broad SMARTS) is 1. The normalized spacial score (nSPS) is 21.4. The van der Waals surface area contributed by atoms with Crippen molar-refractivity contribution in [2.24, 2.45) is 0 Å². The highest BCUT2D eigenvalue weighted by Crippen LogP contribution is 2.36. The van der Waals surface area contributed by atoms with Crippen LogP contribution in [0, 0.1) is 0 Å². The Kier molecular flexibility index (Phi) is 2.78. The maximum Gasteiger partial charge on any atom is 0.358 e. The highest BCUT2D eigenvalue weighted by Gasteiger charge is 2.34. The van der Waals surface area contributed by atoms with Gasteiger partial charge in [-0.15, -0.1) is 5.10 Å². The molecule has 1 aromatic heterocycles. The Morgan fingerprint density at radius 2 is 2.14 bits per heavy atom. The Balaban J connectivity index is 1.33. The number of fused-ring (bicyclic) bond motifs is 1. The maximum atomic E-state index is 10.8. The zero-order chi connectivity index (χ0) is 14.4. The van der Waals surface area contributed by atoms with Gasteiger partial charge in [0.1, 0.15) is 0 Å². The molecule has 1 atom stereocenters. The van der Waals surface area contributed by atoms with Gasteiger partial charge in [-0.3, -0.25) is 4.90 Å². The van der Waals surface area contributed by atoms with E-state index >= 15 is 0 Å². The molecular formula is C15H16N4O2. The van der Waals surface area contributed by atoms with Gasteiger partial charge in [0.25, 0.3) is 0 Å². The van der Waals surface area contributed by atoms with E-state index in [0.29, 0.717) is 5.92 Å². The summed E-state index contributed by atoms with van der Waals surface area (Å²) in [5.74, 6) is -0.379. The Labute approximate surface area is 122 Å². The molecular weight excluding hydrogens is 268 g/mol. The largest absolute Gasteiger partial charge is 0.476 e. The highest BCUT2D eigenvalue weighted by atomic mass is 16.4. The Hall–Kier alpha value is -2.21. The first-order chi connectivity index (χ1) is 10.2. The number of nitrogens with zero attached hydrogens (tertiary/aromatic N) is 4. The zero-order valence-corrected chi connectivity index (χ0v) is 11.5. The van der Waals surface area contributed by atoms with Crippen LogP contribution < -0.4 is 0 Å². The molecule has 1 N–H and O–H groups in total. The Morgan fingerprint density at radius 1 is 1.33 bits per heavy atom. The predicted octanol–water partition coefficient (Wildman–Crippen LogP) is 1.17. The van der Waals surface area contributed by atoms with Gasteiger partial charge >= 0.3 is 5.97 Å². The van der Waals surface area contributed by atoms with Gasteiger partial charge < -0.3 is 5.11 Å². The number of rotatable bonds is 4. The van der Waals surface area contributed by atoms with Crippen LogP contribution in [0.25, 0.3) is 0 Å². The second-order valence-electron chi connectivity index (χ2n) is 5.86. The molecule has 1 aromatic carbocycles. The molecule has 2 aromatic rings. The fourth-order valence-electron chi connectivity index (χ4n) is 3.25. The summed E-state index contributed by atoms with van der Waals surface area (Å²) >= 11 is 0. The number of aromatic carboxylic acids is 1. The van der Waals surface area contributed by atoms with Crippen molar-refractivity contribution in [3.05, 3.63) is 47.3 Å². The van der Waals surface area contributed by atoms with Crippen molar-refractivity contribution in [1.82, 2.24) is 19.9 Å². The van der Waals surface area contributed by atoms with Gasteiger partial charge in [0.05, 0.1) is 12.2 Å². The van der Waals surface area contributed by atoms with Gasteiger partial charge in [-0.05, 0) is 17.5 Å². The van der Waals surface area contributed by atoms with Crippen molar-refractivity contribution in [3.8, 4) is 0 Å². The minimum atomic E-state index is -1.02. The molecule has 1 saturated heterocycles. The van der Waals surface area contributed by atoms with E-state index < -0.39 is 5.97 Å². The smallest absolute Gasteiger partial charge is 0.358 e. The van der Waals surface area contributed by atoms with Crippen LogP contribution in [0.15, 0.2) is 30.5 Å². The first-order valence-electron chi connectivity index (χ1n) is 7.16. The lowest BCUT2D eigenvalue weighted by molar-refractivity contribution is 0.0690. The SMILES string of the molecule is O=C(O)c1cn(C2CN(CC3Cc4ccccc43)C2)nn1. The van der Waals surface area contributed by atoms with Gasteiger partial charge in [-0.25, -0.2) is 9.48 Å². The van der Waals surface area contributed by atoms with E-state index in [0.717, 1.165) is 19.6 Å². The molecule has 1 aliphatic carbocycles. The summed E-state index contributed by atoms with van der Waals surface area (Å²) < 4.78 is 1.68. The van der Waals surface area contributed by atoms with Crippen LogP contribution in [0.1, 0.15) is 33.6 Å². The number of aromatic nitrogens is 3. The minimum absolute atomic E-state index is 0.0152. The fourth-order valence-corrected chi connectivity index (χ4v) is 3.25. The van der Waals surface area contributed by atoms with Gasteiger partial charge in [0.2, 0.25) is 0 Å². The Bertz CT molecular complexity index is 690. The molecule has 0 saturated carbocycles. The van der Waals surface area contributed by atoms with E-state index in [1.165, 1.54) is 23.7 Å². The van der Waals surface area contributed by atoms with Gasteiger partial charge in [-0.1, -0.05) is 29.5 Å².